The van der Waals surface area contributed by atoms with E-state index in [4.69, 9.17) is 0 Å². The van der Waals surface area contributed by atoms with Crippen LogP contribution in [0.15, 0.2) is 170 Å². The average molecular weight is 669 g/mol. The van der Waals surface area contributed by atoms with E-state index in [9.17, 15) is 0 Å². The predicted octanol–water partition coefficient (Wildman–Crippen LogP) is 14.9. The standard InChI is InChI=1S/C48H28S2/c1-2-11-30-26-32(21-20-29(30)10-1)31-12-9-13-33(27-31)45-35-14-3-5-16-37(35)46(38-17-6-4-15-36(38)45)34-22-23-42-40(28-34)48-44(50-42)25-24-43-47(48)39-18-7-8-19-41(39)49-43/h1-28H. The molecule has 0 radical (unpaired) electrons. The second-order valence-corrected chi connectivity index (χ2v) is 15.4. The smallest absolute Gasteiger partial charge is 0.0362 e. The Kier molecular flexibility index (Phi) is 6.09. The lowest BCUT2D eigenvalue weighted by Crippen LogP contribution is -1.91. The van der Waals surface area contributed by atoms with Gasteiger partial charge in [0, 0.05) is 40.3 Å². The summed E-state index contributed by atoms with van der Waals surface area (Å²) in [5.41, 5.74) is 7.55. The number of rotatable bonds is 3. The lowest BCUT2D eigenvalue weighted by Gasteiger charge is -2.18. The van der Waals surface area contributed by atoms with Gasteiger partial charge in [0.2, 0.25) is 0 Å². The zero-order valence-corrected chi connectivity index (χ0v) is 28.6. The predicted molar refractivity (Wildman–Crippen MR) is 221 cm³/mol. The third-order valence-corrected chi connectivity index (χ3v) is 12.7. The summed E-state index contributed by atoms with van der Waals surface area (Å²) in [6.07, 6.45) is 0. The summed E-state index contributed by atoms with van der Waals surface area (Å²) in [6.45, 7) is 0. The molecule has 0 saturated carbocycles. The number of fused-ring (bicyclic) bond motifs is 10. The fourth-order valence-corrected chi connectivity index (χ4v) is 10.4. The highest BCUT2D eigenvalue weighted by molar-refractivity contribution is 7.28. The van der Waals surface area contributed by atoms with Gasteiger partial charge in [0.05, 0.1) is 0 Å². The molecule has 0 saturated heterocycles. The van der Waals surface area contributed by atoms with Crippen LogP contribution in [-0.2, 0) is 0 Å². The van der Waals surface area contributed by atoms with Crippen molar-refractivity contribution in [3.63, 3.8) is 0 Å². The Morgan fingerprint density at radius 3 is 1.44 bits per heavy atom. The minimum absolute atomic E-state index is 1.23. The first-order chi connectivity index (χ1) is 24.8. The van der Waals surface area contributed by atoms with E-state index in [2.05, 4.69) is 170 Å². The van der Waals surface area contributed by atoms with Crippen LogP contribution in [0.25, 0.3) is 106 Å². The molecule has 0 atom stereocenters. The molecule has 232 valence electrons. The molecule has 11 rings (SSSR count). The van der Waals surface area contributed by atoms with Crippen LogP contribution >= 0.6 is 22.7 Å². The first kappa shape index (κ1) is 28.1. The van der Waals surface area contributed by atoms with E-state index < -0.39 is 0 Å². The number of hydrogen-bond acceptors (Lipinski definition) is 2. The summed E-state index contributed by atoms with van der Waals surface area (Å²) in [5.74, 6) is 0. The molecule has 0 amide bonds. The number of hydrogen-bond donors (Lipinski definition) is 0. The van der Waals surface area contributed by atoms with E-state index in [1.165, 1.54) is 106 Å². The maximum atomic E-state index is 2.47. The van der Waals surface area contributed by atoms with Gasteiger partial charge in [-0.15, -0.1) is 22.7 Å². The minimum atomic E-state index is 1.23. The highest BCUT2D eigenvalue weighted by Crippen LogP contribution is 2.48. The lowest BCUT2D eigenvalue weighted by atomic mass is 9.85. The van der Waals surface area contributed by atoms with Gasteiger partial charge >= 0.3 is 0 Å². The molecule has 0 bridgehead atoms. The van der Waals surface area contributed by atoms with E-state index in [0.717, 1.165) is 0 Å². The van der Waals surface area contributed by atoms with E-state index >= 15 is 0 Å². The zero-order chi connectivity index (χ0) is 32.8. The third-order valence-electron chi connectivity index (χ3n) is 10.4. The van der Waals surface area contributed by atoms with Crippen LogP contribution in [-0.4, -0.2) is 0 Å². The molecule has 0 unspecified atom stereocenters. The van der Waals surface area contributed by atoms with Gasteiger partial charge in [-0.1, -0.05) is 127 Å². The SMILES string of the molecule is c1cc(-c2ccc3ccccc3c2)cc(-c2c3ccccc3c(-c3ccc4sc5ccc6sc7ccccc7c6c5c4c3)c3ccccc23)c1. The molecule has 9 aromatic carbocycles. The van der Waals surface area contributed by atoms with Crippen LogP contribution in [0.5, 0.6) is 0 Å². The summed E-state index contributed by atoms with van der Waals surface area (Å²) in [6, 6.07) is 63.1. The van der Waals surface area contributed by atoms with Crippen molar-refractivity contribution in [3.05, 3.63) is 170 Å². The summed E-state index contributed by atoms with van der Waals surface area (Å²) in [7, 11) is 0. The zero-order valence-electron chi connectivity index (χ0n) is 27.0. The van der Waals surface area contributed by atoms with Crippen molar-refractivity contribution in [3.8, 4) is 33.4 Å². The molecule has 0 fully saturated rings. The monoisotopic (exact) mass is 668 g/mol. The van der Waals surface area contributed by atoms with Crippen LogP contribution in [0.4, 0.5) is 0 Å². The highest BCUT2D eigenvalue weighted by Gasteiger charge is 2.19. The van der Waals surface area contributed by atoms with Crippen LogP contribution in [0, 0.1) is 0 Å². The molecule has 0 nitrogen and oxygen atoms in total. The fourth-order valence-electron chi connectivity index (χ4n) is 8.21. The van der Waals surface area contributed by atoms with Crippen molar-refractivity contribution < 1.29 is 0 Å². The molecule has 2 heteroatoms. The van der Waals surface area contributed by atoms with E-state index in [-0.39, 0.29) is 0 Å². The summed E-state index contributed by atoms with van der Waals surface area (Å²) in [5, 5.41) is 13.1. The first-order valence-electron chi connectivity index (χ1n) is 17.1. The van der Waals surface area contributed by atoms with Gasteiger partial charge in [0.25, 0.3) is 0 Å². The molecule has 2 heterocycles. The third kappa shape index (κ3) is 4.16. The van der Waals surface area contributed by atoms with Gasteiger partial charge in [-0.25, -0.2) is 0 Å². The summed E-state index contributed by atoms with van der Waals surface area (Å²) >= 11 is 3.80. The Morgan fingerprint density at radius 1 is 0.260 bits per heavy atom. The number of thiophene rings is 2. The van der Waals surface area contributed by atoms with Gasteiger partial charge in [-0.3, -0.25) is 0 Å². The molecule has 11 aromatic rings. The maximum absolute atomic E-state index is 2.47. The Bertz CT molecular complexity index is 3100. The fraction of sp³-hybridized carbons (Fsp3) is 0. The van der Waals surface area contributed by atoms with Gasteiger partial charge in [-0.05, 0) is 108 Å². The van der Waals surface area contributed by atoms with Crippen molar-refractivity contribution in [1.29, 1.82) is 0 Å². The first-order valence-corrected chi connectivity index (χ1v) is 18.7. The number of benzene rings is 9. The molecule has 0 aliphatic rings. The minimum Gasteiger partial charge on any atom is -0.135 e. The van der Waals surface area contributed by atoms with Gasteiger partial charge in [0.15, 0.2) is 0 Å². The maximum Gasteiger partial charge on any atom is 0.0362 e. The molecule has 0 aliphatic carbocycles. The average Bonchev–Trinajstić information content (AvgIpc) is 3.74. The molecule has 0 spiro atoms. The summed E-state index contributed by atoms with van der Waals surface area (Å²) < 4.78 is 5.39. The van der Waals surface area contributed by atoms with Gasteiger partial charge in [0.1, 0.15) is 0 Å². The van der Waals surface area contributed by atoms with Crippen LogP contribution in [0.3, 0.4) is 0 Å². The normalized spacial score (nSPS) is 12.0. The van der Waals surface area contributed by atoms with Crippen LogP contribution in [0.2, 0.25) is 0 Å². The lowest BCUT2D eigenvalue weighted by molar-refractivity contribution is 1.63. The Balaban J connectivity index is 1.17. The van der Waals surface area contributed by atoms with Gasteiger partial charge in [-0.2, -0.15) is 0 Å². The highest BCUT2D eigenvalue weighted by atomic mass is 32.1. The van der Waals surface area contributed by atoms with Gasteiger partial charge < -0.3 is 0 Å². The van der Waals surface area contributed by atoms with Crippen LogP contribution in [0.1, 0.15) is 0 Å². The molecule has 2 aromatic heterocycles. The van der Waals surface area contributed by atoms with Crippen molar-refractivity contribution >= 4 is 95.3 Å². The second-order valence-electron chi connectivity index (χ2n) is 13.2. The largest absolute Gasteiger partial charge is 0.135 e. The Hall–Kier alpha value is -5.80. The molecular weight excluding hydrogens is 641 g/mol. The van der Waals surface area contributed by atoms with Crippen molar-refractivity contribution in [2.45, 2.75) is 0 Å². The molecule has 0 aliphatic heterocycles. The molecular formula is C48H28S2. The molecule has 50 heavy (non-hydrogen) atoms. The Labute approximate surface area is 297 Å². The van der Waals surface area contributed by atoms with Crippen molar-refractivity contribution in [1.82, 2.24) is 0 Å². The summed E-state index contributed by atoms with van der Waals surface area (Å²) in [4.78, 5) is 0. The molecule has 0 N–H and O–H groups in total. The van der Waals surface area contributed by atoms with Crippen molar-refractivity contribution in [2.24, 2.45) is 0 Å². The Morgan fingerprint density at radius 2 is 0.740 bits per heavy atom. The topological polar surface area (TPSA) is 0 Å². The quantitative estimate of drug-likeness (QED) is 0.164. The van der Waals surface area contributed by atoms with Crippen LogP contribution < -0.4 is 0 Å². The van der Waals surface area contributed by atoms with E-state index in [1.807, 2.05) is 22.7 Å². The van der Waals surface area contributed by atoms with E-state index in [0.29, 0.717) is 0 Å². The van der Waals surface area contributed by atoms with E-state index in [1.54, 1.807) is 0 Å². The second kappa shape index (κ2) is 10.9. The van der Waals surface area contributed by atoms with Crippen molar-refractivity contribution in [2.75, 3.05) is 0 Å².